The number of benzene rings is 1. The van der Waals surface area contributed by atoms with Crippen molar-refractivity contribution in [1.29, 1.82) is 0 Å². The summed E-state index contributed by atoms with van der Waals surface area (Å²) >= 11 is 2.31. The Morgan fingerprint density at radius 2 is 1.89 bits per heavy atom. The molecule has 19 heavy (non-hydrogen) atoms. The van der Waals surface area contributed by atoms with Gasteiger partial charge in [0.25, 0.3) is 0 Å². The van der Waals surface area contributed by atoms with Crippen LogP contribution in [0.15, 0.2) is 18.2 Å². The second-order valence-corrected chi connectivity index (χ2v) is 6.22. The molecule has 1 aliphatic heterocycles. The average Bonchev–Trinajstić information content (AvgIpc) is 2.35. The fourth-order valence-corrected chi connectivity index (χ4v) is 3.02. The van der Waals surface area contributed by atoms with Crippen LogP contribution < -0.4 is 0 Å². The van der Waals surface area contributed by atoms with E-state index < -0.39 is 12.1 Å². The number of nitrogens with zero attached hydrogens (tertiary/aromatic N) is 1. The zero-order valence-corrected chi connectivity index (χ0v) is 13.0. The van der Waals surface area contributed by atoms with Crippen molar-refractivity contribution < 1.29 is 13.2 Å². The van der Waals surface area contributed by atoms with Crippen molar-refractivity contribution in [2.24, 2.45) is 5.92 Å². The second-order valence-electron chi connectivity index (χ2n) is 5.14. The van der Waals surface area contributed by atoms with Gasteiger partial charge in [-0.2, -0.15) is 13.2 Å². The van der Waals surface area contributed by atoms with Crippen LogP contribution in [0.25, 0.3) is 0 Å². The van der Waals surface area contributed by atoms with Gasteiger partial charge in [-0.15, -0.1) is 0 Å². The van der Waals surface area contributed by atoms with Crippen LogP contribution in [0.4, 0.5) is 13.2 Å². The molecule has 0 atom stereocenters. The molecule has 1 nitrogen and oxygen atoms in total. The maximum absolute atomic E-state index is 12.6. The van der Waals surface area contributed by atoms with Crippen LogP contribution in [0.3, 0.4) is 0 Å². The van der Waals surface area contributed by atoms with Gasteiger partial charge in [-0.1, -0.05) is 18.2 Å². The van der Waals surface area contributed by atoms with Gasteiger partial charge in [0, 0.05) is 10.1 Å². The van der Waals surface area contributed by atoms with E-state index in [9.17, 15) is 13.2 Å². The molecule has 1 aliphatic rings. The van der Waals surface area contributed by atoms with Crippen LogP contribution in [0.2, 0.25) is 0 Å². The maximum atomic E-state index is 12.6. The molecule has 0 amide bonds. The van der Waals surface area contributed by atoms with Crippen LogP contribution >= 0.6 is 22.6 Å². The van der Waals surface area contributed by atoms with Gasteiger partial charge in [0.1, 0.15) is 0 Å². The molecule has 0 aliphatic carbocycles. The fraction of sp³-hybridized carbons (Fsp3) is 0.571. The van der Waals surface area contributed by atoms with Gasteiger partial charge in [-0.25, -0.2) is 0 Å². The van der Waals surface area contributed by atoms with Crippen molar-refractivity contribution in [2.75, 3.05) is 13.1 Å². The van der Waals surface area contributed by atoms with E-state index in [0.717, 1.165) is 6.54 Å². The monoisotopic (exact) mass is 383 g/mol. The zero-order chi connectivity index (χ0) is 14.0. The Kier molecular flexibility index (Phi) is 4.76. The van der Waals surface area contributed by atoms with Crippen molar-refractivity contribution in [3.63, 3.8) is 0 Å². The van der Waals surface area contributed by atoms with E-state index in [1.165, 1.54) is 14.7 Å². The van der Waals surface area contributed by atoms with Gasteiger partial charge in [0.15, 0.2) is 0 Å². The van der Waals surface area contributed by atoms with E-state index in [0.29, 0.717) is 13.1 Å². The average molecular weight is 383 g/mol. The number of rotatable bonds is 2. The molecular weight excluding hydrogens is 366 g/mol. The van der Waals surface area contributed by atoms with E-state index in [2.05, 4.69) is 46.5 Å². The van der Waals surface area contributed by atoms with E-state index in [4.69, 9.17) is 0 Å². The summed E-state index contributed by atoms with van der Waals surface area (Å²) in [7, 11) is 0. The van der Waals surface area contributed by atoms with Gasteiger partial charge < -0.3 is 0 Å². The molecular formula is C14H17F3IN. The Morgan fingerprint density at radius 3 is 2.47 bits per heavy atom. The molecule has 1 aromatic rings. The lowest BCUT2D eigenvalue weighted by Gasteiger charge is -2.33. The minimum atomic E-state index is -4.02. The predicted molar refractivity (Wildman–Crippen MR) is 78.0 cm³/mol. The SMILES string of the molecule is Cc1cccc(CN2CCC(C(F)(F)F)CC2)c1I. The summed E-state index contributed by atoms with van der Waals surface area (Å²) in [5, 5.41) is 0. The summed E-state index contributed by atoms with van der Waals surface area (Å²) in [6, 6.07) is 6.13. The van der Waals surface area contributed by atoms with Gasteiger partial charge in [-0.05, 0) is 66.6 Å². The van der Waals surface area contributed by atoms with Crippen molar-refractivity contribution >= 4 is 22.6 Å². The predicted octanol–water partition coefficient (Wildman–Crippen LogP) is 4.37. The number of hydrogen-bond donors (Lipinski definition) is 0. The minimum absolute atomic E-state index is 0.228. The topological polar surface area (TPSA) is 3.24 Å². The smallest absolute Gasteiger partial charge is 0.299 e. The third-order valence-corrected chi connectivity index (χ3v) is 5.26. The quantitative estimate of drug-likeness (QED) is 0.686. The molecule has 0 bridgehead atoms. The molecule has 2 rings (SSSR count). The van der Waals surface area contributed by atoms with Crippen molar-refractivity contribution in [3.8, 4) is 0 Å². The van der Waals surface area contributed by atoms with E-state index in [-0.39, 0.29) is 12.8 Å². The van der Waals surface area contributed by atoms with Crippen LogP contribution in [0.5, 0.6) is 0 Å². The molecule has 5 heteroatoms. The maximum Gasteiger partial charge on any atom is 0.391 e. The standard InChI is InChI=1S/C14H17F3IN/c1-10-3-2-4-11(13(10)18)9-19-7-5-12(6-8-19)14(15,16)17/h2-4,12H,5-9H2,1H3. The molecule has 0 N–H and O–H groups in total. The second kappa shape index (κ2) is 5.99. The Labute approximate surface area is 125 Å². The first-order valence-corrected chi connectivity index (χ1v) is 7.49. The zero-order valence-electron chi connectivity index (χ0n) is 10.8. The number of hydrogen-bond acceptors (Lipinski definition) is 1. The third kappa shape index (κ3) is 3.84. The van der Waals surface area contributed by atoms with E-state index in [1.54, 1.807) is 0 Å². The first-order chi connectivity index (χ1) is 8.88. The summed E-state index contributed by atoms with van der Waals surface area (Å²) in [5.41, 5.74) is 2.44. The number of aryl methyl sites for hydroxylation is 1. The van der Waals surface area contributed by atoms with E-state index >= 15 is 0 Å². The highest BCUT2D eigenvalue weighted by atomic mass is 127. The normalized spacial score (nSPS) is 18.8. The summed E-state index contributed by atoms with van der Waals surface area (Å²) in [6.07, 6.45) is -3.57. The van der Waals surface area contributed by atoms with Gasteiger partial charge in [0.05, 0.1) is 5.92 Å². The minimum Gasteiger partial charge on any atom is -0.299 e. The first-order valence-electron chi connectivity index (χ1n) is 6.41. The molecule has 0 unspecified atom stereocenters. The Balaban J connectivity index is 1.94. The summed E-state index contributed by atoms with van der Waals surface area (Å²) in [4.78, 5) is 2.12. The number of likely N-dealkylation sites (tertiary alicyclic amines) is 1. The van der Waals surface area contributed by atoms with Crippen LogP contribution in [-0.4, -0.2) is 24.2 Å². The van der Waals surface area contributed by atoms with Crippen molar-refractivity contribution in [1.82, 2.24) is 4.90 Å². The highest BCUT2D eigenvalue weighted by molar-refractivity contribution is 14.1. The van der Waals surface area contributed by atoms with Crippen LogP contribution in [0.1, 0.15) is 24.0 Å². The Hall–Kier alpha value is -0.300. The van der Waals surface area contributed by atoms with Crippen LogP contribution in [-0.2, 0) is 6.54 Å². The lowest BCUT2D eigenvalue weighted by Crippen LogP contribution is -2.38. The highest BCUT2D eigenvalue weighted by Gasteiger charge is 2.40. The van der Waals surface area contributed by atoms with Gasteiger partial charge in [0.2, 0.25) is 0 Å². The van der Waals surface area contributed by atoms with Crippen LogP contribution in [0, 0.1) is 16.4 Å². The highest BCUT2D eigenvalue weighted by Crippen LogP contribution is 2.34. The van der Waals surface area contributed by atoms with E-state index in [1.807, 2.05) is 6.07 Å². The molecule has 0 saturated carbocycles. The molecule has 0 spiro atoms. The first kappa shape index (κ1) is 15.1. The number of piperidine rings is 1. The molecule has 106 valence electrons. The Morgan fingerprint density at radius 1 is 1.26 bits per heavy atom. The number of halogens is 4. The lowest BCUT2D eigenvalue weighted by atomic mass is 9.96. The van der Waals surface area contributed by atoms with Gasteiger partial charge in [-0.3, -0.25) is 4.90 Å². The molecule has 1 heterocycles. The fourth-order valence-electron chi connectivity index (χ4n) is 2.49. The van der Waals surface area contributed by atoms with Crippen molar-refractivity contribution in [2.45, 2.75) is 32.5 Å². The summed E-state index contributed by atoms with van der Waals surface area (Å²) < 4.78 is 39.0. The molecule has 0 radical (unpaired) electrons. The number of alkyl halides is 3. The van der Waals surface area contributed by atoms with Gasteiger partial charge >= 0.3 is 6.18 Å². The third-order valence-electron chi connectivity index (χ3n) is 3.72. The molecule has 0 aromatic heterocycles. The molecule has 1 fully saturated rings. The molecule has 1 aromatic carbocycles. The lowest BCUT2D eigenvalue weighted by molar-refractivity contribution is -0.185. The molecule has 1 saturated heterocycles. The largest absolute Gasteiger partial charge is 0.391 e. The Bertz CT molecular complexity index is 437. The van der Waals surface area contributed by atoms with Crippen molar-refractivity contribution in [3.05, 3.63) is 32.9 Å². The summed E-state index contributed by atoms with van der Waals surface area (Å²) in [5.74, 6) is -1.11. The summed E-state index contributed by atoms with van der Waals surface area (Å²) in [6.45, 7) is 3.88.